The number of rotatable bonds is 10. The van der Waals surface area contributed by atoms with E-state index in [1.165, 1.54) is 0 Å². The zero-order valence-electron chi connectivity index (χ0n) is 12.2. The molecule has 0 amide bonds. The molecule has 0 bridgehead atoms. The van der Waals surface area contributed by atoms with Gasteiger partial charge in [-0.15, -0.1) is 0 Å². The second kappa shape index (κ2) is 8.97. The maximum atomic E-state index is 11.7. The monoisotopic (exact) mass is 299 g/mol. The Balaban J connectivity index is 2.27. The van der Waals surface area contributed by atoms with Gasteiger partial charge < -0.3 is 10.5 Å². The molecule has 0 unspecified atom stereocenters. The molecule has 5 heteroatoms. The highest BCUT2D eigenvalue weighted by molar-refractivity contribution is 7.91. The number of benzene rings is 1. The van der Waals surface area contributed by atoms with Crippen LogP contribution in [0.3, 0.4) is 0 Å². The lowest BCUT2D eigenvalue weighted by Gasteiger charge is -2.08. The molecule has 0 saturated heterocycles. The molecule has 20 heavy (non-hydrogen) atoms. The van der Waals surface area contributed by atoms with Crippen LogP contribution < -0.4 is 10.5 Å². The minimum atomic E-state index is -2.92. The summed E-state index contributed by atoms with van der Waals surface area (Å²) >= 11 is 0. The molecule has 1 rings (SSSR count). The van der Waals surface area contributed by atoms with E-state index in [1.807, 2.05) is 24.3 Å². The zero-order chi connectivity index (χ0) is 14.8. The topological polar surface area (TPSA) is 69.4 Å². The number of nitrogens with two attached hydrogens (primary N) is 1. The van der Waals surface area contributed by atoms with E-state index < -0.39 is 9.84 Å². The molecule has 0 aliphatic heterocycles. The maximum Gasteiger partial charge on any atom is 0.150 e. The van der Waals surface area contributed by atoms with Crippen molar-refractivity contribution in [3.63, 3.8) is 0 Å². The summed E-state index contributed by atoms with van der Waals surface area (Å²) in [6, 6.07) is 7.56. The highest BCUT2D eigenvalue weighted by atomic mass is 32.2. The van der Waals surface area contributed by atoms with Gasteiger partial charge in [-0.1, -0.05) is 31.9 Å². The Kier molecular flexibility index (Phi) is 7.62. The number of sulfone groups is 1. The van der Waals surface area contributed by atoms with Crippen LogP contribution in [-0.4, -0.2) is 26.5 Å². The second-order valence-corrected chi connectivity index (χ2v) is 7.22. The van der Waals surface area contributed by atoms with Crippen molar-refractivity contribution in [3.8, 4) is 5.75 Å². The van der Waals surface area contributed by atoms with Crippen LogP contribution in [-0.2, 0) is 16.4 Å². The molecule has 0 heterocycles. The van der Waals surface area contributed by atoms with Gasteiger partial charge in [0.15, 0.2) is 0 Å². The summed E-state index contributed by atoms with van der Waals surface area (Å²) < 4.78 is 29.0. The maximum absolute atomic E-state index is 11.7. The molecule has 0 aliphatic rings. The lowest BCUT2D eigenvalue weighted by molar-refractivity contribution is 0.317. The van der Waals surface area contributed by atoms with Crippen LogP contribution >= 0.6 is 0 Å². The zero-order valence-corrected chi connectivity index (χ0v) is 13.0. The van der Waals surface area contributed by atoms with Crippen LogP contribution in [0.15, 0.2) is 24.3 Å². The third-order valence-electron chi connectivity index (χ3n) is 3.06. The number of ether oxygens (including phenoxy) is 1. The van der Waals surface area contributed by atoms with E-state index in [0.29, 0.717) is 25.3 Å². The van der Waals surface area contributed by atoms with Crippen LogP contribution in [0, 0.1) is 0 Å². The first-order valence-electron chi connectivity index (χ1n) is 7.19. The lowest BCUT2D eigenvalue weighted by Crippen LogP contribution is -2.13. The van der Waals surface area contributed by atoms with Gasteiger partial charge in [0.1, 0.15) is 15.6 Å². The molecule has 1 aromatic rings. The number of hydrogen-bond acceptors (Lipinski definition) is 4. The van der Waals surface area contributed by atoms with Gasteiger partial charge in [0, 0.05) is 6.54 Å². The summed E-state index contributed by atoms with van der Waals surface area (Å²) in [6.45, 7) is 2.96. The molecule has 114 valence electrons. The molecule has 0 fully saturated rings. The Morgan fingerprint density at radius 3 is 2.60 bits per heavy atom. The summed E-state index contributed by atoms with van der Waals surface area (Å²) in [5.41, 5.74) is 6.56. The molecule has 4 nitrogen and oxygen atoms in total. The SMILES string of the molecule is CCCCCS(=O)(=O)CCCOc1cccc(CN)c1. The average molecular weight is 299 g/mol. The van der Waals surface area contributed by atoms with Gasteiger partial charge in [0.25, 0.3) is 0 Å². The Morgan fingerprint density at radius 2 is 1.90 bits per heavy atom. The molecule has 0 spiro atoms. The van der Waals surface area contributed by atoms with Gasteiger partial charge in [0.2, 0.25) is 0 Å². The molecule has 2 N–H and O–H groups in total. The number of hydrogen-bond donors (Lipinski definition) is 1. The van der Waals surface area contributed by atoms with Gasteiger partial charge in [-0.2, -0.15) is 0 Å². The summed E-state index contributed by atoms with van der Waals surface area (Å²) in [6.07, 6.45) is 3.30. The van der Waals surface area contributed by atoms with Crippen molar-refractivity contribution in [2.24, 2.45) is 5.73 Å². The smallest absolute Gasteiger partial charge is 0.150 e. The van der Waals surface area contributed by atoms with E-state index in [9.17, 15) is 8.42 Å². The van der Waals surface area contributed by atoms with Crippen LogP contribution in [0.25, 0.3) is 0 Å². The standard InChI is InChI=1S/C15H25NO3S/c1-2-3-4-10-20(17,18)11-6-9-19-15-8-5-7-14(12-15)13-16/h5,7-8,12H,2-4,6,9-11,13,16H2,1H3. The first-order chi connectivity index (χ1) is 9.57. The number of unbranched alkanes of at least 4 members (excludes halogenated alkanes) is 2. The van der Waals surface area contributed by atoms with Crippen molar-refractivity contribution in [3.05, 3.63) is 29.8 Å². The third kappa shape index (κ3) is 6.91. The minimum absolute atomic E-state index is 0.202. The Hall–Kier alpha value is -1.07. The first-order valence-corrected chi connectivity index (χ1v) is 9.02. The average Bonchev–Trinajstić information content (AvgIpc) is 2.44. The molecule has 0 aliphatic carbocycles. The van der Waals surface area contributed by atoms with Crippen LogP contribution in [0.1, 0.15) is 38.2 Å². The van der Waals surface area contributed by atoms with Gasteiger partial charge >= 0.3 is 0 Å². The quantitative estimate of drug-likeness (QED) is 0.674. The van der Waals surface area contributed by atoms with Crippen molar-refractivity contribution in [2.75, 3.05) is 18.1 Å². The van der Waals surface area contributed by atoms with E-state index in [1.54, 1.807) is 0 Å². The van der Waals surface area contributed by atoms with Gasteiger partial charge in [0.05, 0.1) is 18.1 Å². The predicted molar refractivity (Wildman–Crippen MR) is 82.6 cm³/mol. The van der Waals surface area contributed by atoms with E-state index in [2.05, 4.69) is 6.92 Å². The van der Waals surface area contributed by atoms with E-state index in [0.717, 1.165) is 30.6 Å². The molecule has 1 aromatic carbocycles. The minimum Gasteiger partial charge on any atom is -0.494 e. The van der Waals surface area contributed by atoms with Crippen LogP contribution in [0.2, 0.25) is 0 Å². The fraction of sp³-hybridized carbons (Fsp3) is 0.600. The second-order valence-electron chi connectivity index (χ2n) is 4.91. The predicted octanol–water partition coefficient (Wildman–Crippen LogP) is 2.52. The summed E-state index contributed by atoms with van der Waals surface area (Å²) in [5, 5.41) is 0. The lowest BCUT2D eigenvalue weighted by atomic mass is 10.2. The van der Waals surface area contributed by atoms with Crippen LogP contribution in [0.4, 0.5) is 0 Å². The summed E-state index contributed by atoms with van der Waals surface area (Å²) in [5.74, 6) is 1.24. The summed E-state index contributed by atoms with van der Waals surface area (Å²) in [4.78, 5) is 0. The largest absolute Gasteiger partial charge is 0.494 e. The highest BCUT2D eigenvalue weighted by Crippen LogP contribution is 2.13. The van der Waals surface area contributed by atoms with E-state index >= 15 is 0 Å². The Bertz CT molecular complexity index is 486. The van der Waals surface area contributed by atoms with Crippen molar-refractivity contribution in [2.45, 2.75) is 39.2 Å². The van der Waals surface area contributed by atoms with Crippen molar-refractivity contribution >= 4 is 9.84 Å². The van der Waals surface area contributed by atoms with Crippen molar-refractivity contribution in [1.29, 1.82) is 0 Å². The molecule has 0 saturated carbocycles. The fourth-order valence-electron chi connectivity index (χ4n) is 1.91. The Labute approximate surface area is 122 Å². The third-order valence-corrected chi connectivity index (χ3v) is 4.88. The summed E-state index contributed by atoms with van der Waals surface area (Å²) in [7, 11) is -2.92. The normalized spacial score (nSPS) is 11.5. The molecule has 0 atom stereocenters. The fourth-order valence-corrected chi connectivity index (χ4v) is 3.31. The van der Waals surface area contributed by atoms with Crippen LogP contribution in [0.5, 0.6) is 5.75 Å². The highest BCUT2D eigenvalue weighted by Gasteiger charge is 2.09. The van der Waals surface area contributed by atoms with Gasteiger partial charge in [-0.3, -0.25) is 0 Å². The molecular weight excluding hydrogens is 274 g/mol. The molecular formula is C15H25NO3S. The molecule has 0 radical (unpaired) electrons. The Morgan fingerprint density at radius 1 is 1.15 bits per heavy atom. The van der Waals surface area contributed by atoms with Gasteiger partial charge in [-0.25, -0.2) is 8.42 Å². The van der Waals surface area contributed by atoms with E-state index in [-0.39, 0.29) is 5.75 Å². The van der Waals surface area contributed by atoms with Crippen molar-refractivity contribution < 1.29 is 13.2 Å². The van der Waals surface area contributed by atoms with Gasteiger partial charge in [-0.05, 0) is 30.5 Å². The molecule has 0 aromatic heterocycles. The van der Waals surface area contributed by atoms with E-state index in [4.69, 9.17) is 10.5 Å². The first kappa shape index (κ1) is 17.0. The van der Waals surface area contributed by atoms with Crippen molar-refractivity contribution in [1.82, 2.24) is 0 Å².